The van der Waals surface area contributed by atoms with Crippen molar-refractivity contribution in [2.45, 2.75) is 50.2 Å². The molecule has 1 aliphatic heterocycles. The lowest BCUT2D eigenvalue weighted by Crippen LogP contribution is -2.45. The van der Waals surface area contributed by atoms with Crippen molar-refractivity contribution in [3.8, 4) is 0 Å². The molecule has 0 aromatic rings. The summed E-state index contributed by atoms with van der Waals surface area (Å²) in [6.45, 7) is 1.24. The highest BCUT2D eigenvalue weighted by molar-refractivity contribution is 7.91. The van der Waals surface area contributed by atoms with Gasteiger partial charge in [0.2, 0.25) is 5.91 Å². The molecule has 5 heteroatoms. The monoisotopic (exact) mass is 273 g/mol. The van der Waals surface area contributed by atoms with Crippen LogP contribution in [0.3, 0.4) is 0 Å². The van der Waals surface area contributed by atoms with E-state index in [4.69, 9.17) is 0 Å². The van der Waals surface area contributed by atoms with Crippen LogP contribution >= 0.6 is 0 Å². The van der Waals surface area contributed by atoms with Gasteiger partial charge in [-0.15, -0.1) is 0 Å². The van der Waals surface area contributed by atoms with Crippen LogP contribution in [0.15, 0.2) is 0 Å². The van der Waals surface area contributed by atoms with Crippen molar-refractivity contribution in [3.05, 3.63) is 0 Å². The van der Waals surface area contributed by atoms with Gasteiger partial charge in [0.25, 0.3) is 0 Å². The lowest BCUT2D eigenvalue weighted by molar-refractivity contribution is -0.137. The van der Waals surface area contributed by atoms with Gasteiger partial charge in [-0.2, -0.15) is 0 Å². The number of carbonyl (C=O) groups is 1. The number of rotatable bonds is 2. The fraction of sp³-hybridized carbons (Fsp3) is 0.923. The Kier molecular flexibility index (Phi) is 4.30. The first-order chi connectivity index (χ1) is 8.48. The molecule has 2 aliphatic rings. The maximum Gasteiger partial charge on any atom is 0.225 e. The van der Waals surface area contributed by atoms with Crippen molar-refractivity contribution in [1.29, 1.82) is 0 Å². The molecule has 0 radical (unpaired) electrons. The van der Waals surface area contributed by atoms with Crippen LogP contribution in [0.2, 0.25) is 0 Å². The van der Waals surface area contributed by atoms with E-state index in [-0.39, 0.29) is 17.1 Å². The first-order valence-corrected chi connectivity index (χ1v) is 8.91. The van der Waals surface area contributed by atoms with Gasteiger partial charge in [-0.1, -0.05) is 19.3 Å². The zero-order chi connectivity index (χ0) is 13.2. The van der Waals surface area contributed by atoms with Crippen LogP contribution in [0, 0.1) is 5.92 Å². The number of carbonyl (C=O) groups excluding carboxylic acids is 1. The molecule has 18 heavy (non-hydrogen) atoms. The lowest BCUT2D eigenvalue weighted by Gasteiger charge is -2.34. The molecule has 1 saturated carbocycles. The van der Waals surface area contributed by atoms with Crippen LogP contribution in [-0.4, -0.2) is 43.8 Å². The van der Waals surface area contributed by atoms with Crippen LogP contribution in [-0.2, 0) is 14.6 Å². The highest BCUT2D eigenvalue weighted by Gasteiger charge is 2.32. The molecule has 1 saturated heterocycles. The summed E-state index contributed by atoms with van der Waals surface area (Å²) in [5.74, 6) is 0.468. The normalized spacial score (nSPS) is 24.2. The van der Waals surface area contributed by atoms with Gasteiger partial charge in [-0.25, -0.2) is 8.42 Å². The van der Waals surface area contributed by atoms with Crippen molar-refractivity contribution >= 4 is 15.7 Å². The number of hydrogen-bond acceptors (Lipinski definition) is 3. The summed E-state index contributed by atoms with van der Waals surface area (Å²) in [6, 6.07) is 0. The Labute approximate surface area is 110 Å². The van der Waals surface area contributed by atoms with E-state index in [1.54, 1.807) is 0 Å². The molecule has 0 aromatic carbocycles. The Balaban J connectivity index is 1.87. The van der Waals surface area contributed by atoms with Crippen molar-refractivity contribution < 1.29 is 13.2 Å². The van der Waals surface area contributed by atoms with Gasteiger partial charge < -0.3 is 4.90 Å². The quantitative estimate of drug-likeness (QED) is 0.768. The van der Waals surface area contributed by atoms with E-state index in [9.17, 15) is 13.2 Å². The van der Waals surface area contributed by atoms with E-state index in [0.29, 0.717) is 25.9 Å². The van der Waals surface area contributed by atoms with Gasteiger partial charge >= 0.3 is 0 Å². The SMILES string of the molecule is CS(=O)(=O)C1CCN(C(=O)C2CCCCC2)CC1. The Morgan fingerprint density at radius 3 is 2.06 bits per heavy atom. The van der Waals surface area contributed by atoms with Crippen LogP contribution in [0.5, 0.6) is 0 Å². The fourth-order valence-electron chi connectivity index (χ4n) is 3.11. The van der Waals surface area contributed by atoms with Crippen molar-refractivity contribution in [2.24, 2.45) is 5.92 Å². The van der Waals surface area contributed by atoms with E-state index in [1.807, 2.05) is 4.90 Å². The van der Waals surface area contributed by atoms with Gasteiger partial charge in [0.15, 0.2) is 0 Å². The molecule has 1 heterocycles. The minimum Gasteiger partial charge on any atom is -0.342 e. The summed E-state index contributed by atoms with van der Waals surface area (Å²) in [4.78, 5) is 14.2. The van der Waals surface area contributed by atoms with Gasteiger partial charge in [-0.3, -0.25) is 4.79 Å². The molecule has 104 valence electrons. The average Bonchev–Trinajstić information content (AvgIpc) is 2.38. The molecule has 2 rings (SSSR count). The van der Waals surface area contributed by atoms with Crippen LogP contribution in [0.1, 0.15) is 44.9 Å². The molecule has 4 nitrogen and oxygen atoms in total. The minimum atomic E-state index is -2.94. The Morgan fingerprint density at radius 2 is 1.56 bits per heavy atom. The average molecular weight is 273 g/mol. The standard InChI is InChI=1S/C13H23NO3S/c1-18(16,17)12-7-9-14(10-8-12)13(15)11-5-3-2-4-6-11/h11-12H,2-10H2,1H3. The van der Waals surface area contributed by atoms with Gasteiger partial charge in [0.05, 0.1) is 5.25 Å². The first-order valence-electron chi connectivity index (χ1n) is 6.96. The predicted octanol–water partition coefficient (Wildman–Crippen LogP) is 1.60. The second-order valence-corrected chi connectivity index (χ2v) is 8.01. The summed E-state index contributed by atoms with van der Waals surface area (Å²) in [5.41, 5.74) is 0. The lowest BCUT2D eigenvalue weighted by atomic mass is 9.88. The zero-order valence-corrected chi connectivity index (χ0v) is 11.9. The molecule has 1 amide bonds. The topological polar surface area (TPSA) is 54.5 Å². The number of nitrogens with zero attached hydrogens (tertiary/aromatic N) is 1. The molecular formula is C13H23NO3S. The van der Waals surface area contributed by atoms with E-state index >= 15 is 0 Å². The van der Waals surface area contributed by atoms with E-state index in [2.05, 4.69) is 0 Å². The van der Waals surface area contributed by atoms with E-state index < -0.39 is 9.84 Å². The van der Waals surface area contributed by atoms with Crippen LogP contribution < -0.4 is 0 Å². The van der Waals surface area contributed by atoms with Gasteiger partial charge in [0, 0.05) is 25.3 Å². The van der Waals surface area contributed by atoms with E-state index in [0.717, 1.165) is 25.7 Å². The summed E-state index contributed by atoms with van der Waals surface area (Å²) in [7, 11) is -2.94. The second-order valence-electron chi connectivity index (χ2n) is 5.69. The van der Waals surface area contributed by atoms with Crippen LogP contribution in [0.4, 0.5) is 0 Å². The molecule has 0 spiro atoms. The molecule has 0 aromatic heterocycles. The summed E-state index contributed by atoms with van der Waals surface area (Å²) in [6.07, 6.45) is 8.13. The smallest absolute Gasteiger partial charge is 0.225 e. The summed E-state index contributed by atoms with van der Waals surface area (Å²) < 4.78 is 22.9. The Hall–Kier alpha value is -0.580. The highest BCUT2D eigenvalue weighted by atomic mass is 32.2. The zero-order valence-electron chi connectivity index (χ0n) is 11.1. The maximum absolute atomic E-state index is 12.3. The predicted molar refractivity (Wildman–Crippen MR) is 71.0 cm³/mol. The molecule has 0 bridgehead atoms. The summed E-state index contributed by atoms with van der Waals surface area (Å²) in [5, 5.41) is -0.243. The molecule has 1 aliphatic carbocycles. The highest BCUT2D eigenvalue weighted by Crippen LogP contribution is 2.27. The van der Waals surface area contributed by atoms with Crippen molar-refractivity contribution in [1.82, 2.24) is 4.90 Å². The largest absolute Gasteiger partial charge is 0.342 e. The third-order valence-corrected chi connectivity index (χ3v) is 6.00. The maximum atomic E-state index is 12.3. The van der Waals surface area contributed by atoms with Gasteiger partial charge in [-0.05, 0) is 25.7 Å². The first kappa shape index (κ1) is 13.8. The fourth-order valence-corrected chi connectivity index (χ4v) is 4.18. The number of hydrogen-bond donors (Lipinski definition) is 0. The molecule has 0 unspecified atom stereocenters. The number of amides is 1. The van der Waals surface area contributed by atoms with Crippen molar-refractivity contribution in [2.75, 3.05) is 19.3 Å². The Morgan fingerprint density at radius 1 is 1.00 bits per heavy atom. The third-order valence-electron chi connectivity index (χ3n) is 4.31. The van der Waals surface area contributed by atoms with Crippen LogP contribution in [0.25, 0.3) is 0 Å². The summed E-state index contributed by atoms with van der Waals surface area (Å²) >= 11 is 0. The molecule has 0 atom stereocenters. The van der Waals surface area contributed by atoms with Crippen molar-refractivity contribution in [3.63, 3.8) is 0 Å². The Bertz CT molecular complexity index is 390. The van der Waals surface area contributed by atoms with E-state index in [1.165, 1.54) is 12.7 Å². The third kappa shape index (κ3) is 3.25. The minimum absolute atomic E-state index is 0.202. The number of likely N-dealkylation sites (tertiary alicyclic amines) is 1. The number of sulfone groups is 1. The number of piperidine rings is 1. The molecule has 2 fully saturated rings. The van der Waals surface area contributed by atoms with Gasteiger partial charge in [0.1, 0.15) is 9.84 Å². The second kappa shape index (κ2) is 5.59. The molecule has 0 N–H and O–H groups in total. The molecular weight excluding hydrogens is 250 g/mol.